The highest BCUT2D eigenvalue weighted by molar-refractivity contribution is 6.32. The van der Waals surface area contributed by atoms with Gasteiger partial charge in [0, 0.05) is 24.1 Å². The molecule has 1 N–H and O–H groups in total. The number of halogens is 1. The number of ether oxygens (including phenoxy) is 2. The SMILES string of the molecule is COc1cc(OC)c(NC(=O)c2ccc(CN3C(=O)CCn4nc(C)cc43)cc2)cc1Cl. The second-order valence-corrected chi connectivity index (χ2v) is 7.84. The van der Waals surface area contributed by atoms with Crippen molar-refractivity contribution in [3.63, 3.8) is 0 Å². The van der Waals surface area contributed by atoms with Crippen molar-refractivity contribution in [2.75, 3.05) is 24.4 Å². The molecule has 1 aliphatic rings. The van der Waals surface area contributed by atoms with E-state index in [1.54, 1.807) is 29.2 Å². The Labute approximate surface area is 190 Å². The van der Waals surface area contributed by atoms with E-state index < -0.39 is 0 Å². The largest absolute Gasteiger partial charge is 0.495 e. The normalized spacial score (nSPS) is 13.0. The first-order chi connectivity index (χ1) is 15.4. The van der Waals surface area contributed by atoms with Crippen LogP contribution in [0.4, 0.5) is 11.5 Å². The number of amides is 2. The number of carbonyl (C=O) groups excluding carboxylic acids is 2. The van der Waals surface area contributed by atoms with Crippen molar-refractivity contribution in [2.24, 2.45) is 0 Å². The van der Waals surface area contributed by atoms with Gasteiger partial charge in [-0.05, 0) is 30.7 Å². The molecular weight excluding hydrogens is 432 g/mol. The molecule has 0 radical (unpaired) electrons. The van der Waals surface area contributed by atoms with E-state index in [9.17, 15) is 9.59 Å². The average molecular weight is 455 g/mol. The molecule has 9 heteroatoms. The van der Waals surface area contributed by atoms with Crippen LogP contribution in [0, 0.1) is 6.92 Å². The lowest BCUT2D eigenvalue weighted by molar-refractivity contribution is -0.119. The molecule has 0 atom stereocenters. The maximum atomic E-state index is 12.8. The zero-order chi connectivity index (χ0) is 22.8. The highest BCUT2D eigenvalue weighted by Crippen LogP contribution is 2.36. The van der Waals surface area contributed by atoms with Gasteiger partial charge in [-0.15, -0.1) is 0 Å². The lowest BCUT2D eigenvalue weighted by Gasteiger charge is -2.27. The number of hydrogen-bond acceptors (Lipinski definition) is 5. The molecule has 32 heavy (non-hydrogen) atoms. The van der Waals surface area contributed by atoms with E-state index in [2.05, 4.69) is 10.4 Å². The number of aromatic nitrogens is 2. The van der Waals surface area contributed by atoms with E-state index >= 15 is 0 Å². The van der Waals surface area contributed by atoms with Gasteiger partial charge >= 0.3 is 0 Å². The third-order valence-corrected chi connectivity index (χ3v) is 5.57. The van der Waals surface area contributed by atoms with Crippen LogP contribution < -0.4 is 19.7 Å². The average Bonchev–Trinajstić information content (AvgIpc) is 3.17. The number of aryl methyl sites for hydroxylation is 2. The molecule has 0 fully saturated rings. The Morgan fingerprint density at radius 2 is 1.84 bits per heavy atom. The third kappa shape index (κ3) is 4.27. The summed E-state index contributed by atoms with van der Waals surface area (Å²) in [6.07, 6.45) is 0.418. The number of hydrogen-bond donors (Lipinski definition) is 1. The molecule has 0 spiro atoms. The standard InChI is InChI=1S/C23H23ClN4O4/c1-14-10-21-27(22(29)8-9-28(21)26-14)13-15-4-6-16(7-5-15)23(30)25-18-11-17(24)19(31-2)12-20(18)32-3/h4-7,10-12H,8-9,13H2,1-3H3,(H,25,30). The summed E-state index contributed by atoms with van der Waals surface area (Å²) >= 11 is 6.18. The summed E-state index contributed by atoms with van der Waals surface area (Å²) < 4.78 is 12.4. The predicted molar refractivity (Wildman–Crippen MR) is 122 cm³/mol. The van der Waals surface area contributed by atoms with E-state index in [4.69, 9.17) is 21.1 Å². The fourth-order valence-electron chi connectivity index (χ4n) is 3.64. The fourth-order valence-corrected chi connectivity index (χ4v) is 3.88. The lowest BCUT2D eigenvalue weighted by Crippen LogP contribution is -2.36. The second kappa shape index (κ2) is 8.92. The van der Waals surface area contributed by atoms with Gasteiger partial charge in [-0.3, -0.25) is 14.5 Å². The van der Waals surface area contributed by atoms with Gasteiger partial charge in [-0.1, -0.05) is 23.7 Å². The summed E-state index contributed by atoms with van der Waals surface area (Å²) in [6, 6.07) is 12.2. The van der Waals surface area contributed by atoms with Gasteiger partial charge in [-0.25, -0.2) is 4.68 Å². The Bertz CT molecular complexity index is 1170. The van der Waals surface area contributed by atoms with Crippen molar-refractivity contribution in [2.45, 2.75) is 26.4 Å². The molecule has 2 amide bonds. The molecule has 0 aliphatic carbocycles. The van der Waals surface area contributed by atoms with Crippen molar-refractivity contribution < 1.29 is 19.1 Å². The number of benzene rings is 2. The number of carbonyl (C=O) groups is 2. The fraction of sp³-hybridized carbons (Fsp3) is 0.261. The second-order valence-electron chi connectivity index (χ2n) is 7.44. The summed E-state index contributed by atoms with van der Waals surface area (Å²) in [7, 11) is 3.01. The van der Waals surface area contributed by atoms with Crippen LogP contribution in [-0.2, 0) is 17.9 Å². The molecule has 8 nitrogen and oxygen atoms in total. The molecule has 1 aromatic heterocycles. The summed E-state index contributed by atoms with van der Waals surface area (Å²) in [5.74, 6) is 1.44. The van der Waals surface area contributed by atoms with E-state index in [1.165, 1.54) is 14.2 Å². The first-order valence-electron chi connectivity index (χ1n) is 10.1. The number of anilines is 2. The van der Waals surface area contributed by atoms with Gasteiger partial charge in [0.1, 0.15) is 17.3 Å². The van der Waals surface area contributed by atoms with E-state index in [1.807, 2.05) is 29.8 Å². The molecule has 166 valence electrons. The molecular formula is C23H23ClN4O4. The van der Waals surface area contributed by atoms with Crippen LogP contribution in [0.15, 0.2) is 42.5 Å². The molecule has 2 aromatic carbocycles. The third-order valence-electron chi connectivity index (χ3n) is 5.27. The summed E-state index contributed by atoms with van der Waals surface area (Å²) in [5, 5.41) is 7.60. The highest BCUT2D eigenvalue weighted by atomic mass is 35.5. The van der Waals surface area contributed by atoms with Gasteiger partial charge in [0.15, 0.2) is 0 Å². The van der Waals surface area contributed by atoms with Crippen LogP contribution in [0.25, 0.3) is 0 Å². The van der Waals surface area contributed by atoms with Crippen molar-refractivity contribution in [1.29, 1.82) is 0 Å². The van der Waals surface area contributed by atoms with Crippen LogP contribution in [0.2, 0.25) is 5.02 Å². The van der Waals surface area contributed by atoms with Crippen LogP contribution in [-0.4, -0.2) is 35.8 Å². The molecule has 3 aromatic rings. The Hall–Kier alpha value is -3.52. The number of fused-ring (bicyclic) bond motifs is 1. The summed E-state index contributed by atoms with van der Waals surface area (Å²) in [5.41, 5.74) is 2.69. The topological polar surface area (TPSA) is 85.7 Å². The quantitative estimate of drug-likeness (QED) is 0.607. The van der Waals surface area contributed by atoms with Crippen LogP contribution in [0.3, 0.4) is 0 Å². The lowest BCUT2D eigenvalue weighted by atomic mass is 10.1. The van der Waals surface area contributed by atoms with Crippen molar-refractivity contribution in [3.8, 4) is 11.5 Å². The van der Waals surface area contributed by atoms with Crippen LogP contribution in [0.5, 0.6) is 11.5 Å². The molecule has 0 saturated carbocycles. The Morgan fingerprint density at radius 1 is 1.12 bits per heavy atom. The summed E-state index contributed by atoms with van der Waals surface area (Å²) in [6.45, 7) is 2.91. The maximum absolute atomic E-state index is 12.8. The van der Waals surface area contributed by atoms with Gasteiger partial charge in [0.25, 0.3) is 5.91 Å². The minimum Gasteiger partial charge on any atom is -0.495 e. The molecule has 0 bridgehead atoms. The molecule has 2 heterocycles. The molecule has 1 aliphatic heterocycles. The van der Waals surface area contributed by atoms with Crippen LogP contribution in [0.1, 0.15) is 28.0 Å². The molecule has 0 saturated heterocycles. The van der Waals surface area contributed by atoms with E-state index in [0.717, 1.165) is 17.1 Å². The highest BCUT2D eigenvalue weighted by Gasteiger charge is 2.25. The number of methoxy groups -OCH3 is 2. The van der Waals surface area contributed by atoms with E-state index in [-0.39, 0.29) is 11.8 Å². The zero-order valence-electron chi connectivity index (χ0n) is 18.0. The van der Waals surface area contributed by atoms with Gasteiger partial charge in [0.2, 0.25) is 5.91 Å². The van der Waals surface area contributed by atoms with Gasteiger partial charge < -0.3 is 14.8 Å². The Morgan fingerprint density at radius 3 is 2.53 bits per heavy atom. The number of rotatable bonds is 6. The number of nitrogens with zero attached hydrogens (tertiary/aromatic N) is 3. The van der Waals surface area contributed by atoms with Gasteiger partial charge in [0.05, 0.1) is 43.7 Å². The minimum absolute atomic E-state index is 0.0581. The first-order valence-corrected chi connectivity index (χ1v) is 10.4. The monoisotopic (exact) mass is 454 g/mol. The zero-order valence-corrected chi connectivity index (χ0v) is 18.8. The smallest absolute Gasteiger partial charge is 0.255 e. The maximum Gasteiger partial charge on any atom is 0.255 e. The first kappa shape index (κ1) is 21.7. The molecule has 4 rings (SSSR count). The molecule has 0 unspecified atom stereocenters. The summed E-state index contributed by atoms with van der Waals surface area (Å²) in [4.78, 5) is 26.9. The van der Waals surface area contributed by atoms with Crippen molar-refractivity contribution >= 4 is 34.9 Å². The predicted octanol–water partition coefficient (Wildman–Crippen LogP) is 4.05. The van der Waals surface area contributed by atoms with Gasteiger partial charge in [-0.2, -0.15) is 5.10 Å². The minimum atomic E-state index is -0.307. The Balaban J connectivity index is 1.49. The number of nitrogens with one attached hydrogen (secondary N) is 1. The van der Waals surface area contributed by atoms with Crippen molar-refractivity contribution in [3.05, 3.63) is 64.3 Å². The van der Waals surface area contributed by atoms with Crippen molar-refractivity contribution in [1.82, 2.24) is 9.78 Å². The Kier molecular flexibility index (Phi) is 6.05. The van der Waals surface area contributed by atoms with Crippen LogP contribution >= 0.6 is 11.6 Å². The van der Waals surface area contributed by atoms with E-state index in [0.29, 0.717) is 47.3 Å².